The zero-order valence-electron chi connectivity index (χ0n) is 21.9. The normalized spacial score (nSPS) is 11.2. The molecule has 4 nitrogen and oxygen atoms in total. The maximum absolute atomic E-state index is 10.2. The average Bonchev–Trinajstić information content (AvgIpc) is 2.96. The Balaban J connectivity index is 0.000000309. The standard InChI is InChI=1S/C23H25N.C10H10O3.ClH/c1-19(20-11-5-2-6-12-20)24-18-17-23(21-13-7-3-8-14-21)22-15-9-4-10-16-22;1-13-9-5-3-2-4-8(9)6-7-10(11)12;/h2-16,19,23-24H,17-18H2,1H3;2-7H,1H3,(H,11,12);1H. The summed E-state index contributed by atoms with van der Waals surface area (Å²) in [5, 5.41) is 12.1. The first-order chi connectivity index (χ1) is 18.1. The fraction of sp³-hybridized carbons (Fsp3) is 0.182. The van der Waals surface area contributed by atoms with Gasteiger partial charge < -0.3 is 15.2 Å². The molecule has 0 spiro atoms. The molecule has 2 N–H and O–H groups in total. The molecule has 0 saturated heterocycles. The first kappa shape index (κ1) is 30.4. The van der Waals surface area contributed by atoms with Gasteiger partial charge >= 0.3 is 5.97 Å². The van der Waals surface area contributed by atoms with Crippen molar-refractivity contribution in [3.63, 3.8) is 0 Å². The summed E-state index contributed by atoms with van der Waals surface area (Å²) < 4.78 is 5.03. The molecular formula is C33H36ClNO3. The summed E-state index contributed by atoms with van der Waals surface area (Å²) in [6, 6.07) is 39.9. The van der Waals surface area contributed by atoms with Crippen molar-refractivity contribution in [1.82, 2.24) is 5.32 Å². The molecule has 38 heavy (non-hydrogen) atoms. The Morgan fingerprint density at radius 2 is 1.26 bits per heavy atom. The quantitative estimate of drug-likeness (QED) is 0.206. The zero-order valence-corrected chi connectivity index (χ0v) is 22.7. The van der Waals surface area contributed by atoms with Crippen LogP contribution in [0.1, 0.15) is 47.6 Å². The topological polar surface area (TPSA) is 58.6 Å². The summed E-state index contributed by atoms with van der Waals surface area (Å²) in [6.45, 7) is 3.22. The molecule has 0 aliphatic rings. The summed E-state index contributed by atoms with van der Waals surface area (Å²) in [4.78, 5) is 10.2. The van der Waals surface area contributed by atoms with Gasteiger partial charge in [0.25, 0.3) is 0 Å². The van der Waals surface area contributed by atoms with Gasteiger partial charge in [0.1, 0.15) is 5.75 Å². The van der Waals surface area contributed by atoms with Crippen LogP contribution in [0.5, 0.6) is 5.75 Å². The minimum absolute atomic E-state index is 0. The van der Waals surface area contributed by atoms with E-state index in [1.807, 2.05) is 12.1 Å². The fourth-order valence-corrected chi connectivity index (χ4v) is 4.17. The number of methoxy groups -OCH3 is 1. The second-order valence-electron chi connectivity index (χ2n) is 8.66. The number of carbonyl (C=O) groups is 1. The molecule has 0 aromatic heterocycles. The summed E-state index contributed by atoms with van der Waals surface area (Å²) in [6.07, 6.45) is 3.67. The monoisotopic (exact) mass is 529 g/mol. The first-order valence-electron chi connectivity index (χ1n) is 12.5. The molecule has 1 atom stereocenters. The molecule has 0 aliphatic heterocycles. The van der Waals surface area contributed by atoms with E-state index in [1.165, 1.54) is 22.8 Å². The number of aliphatic carboxylic acids is 1. The molecule has 0 heterocycles. The first-order valence-corrected chi connectivity index (χ1v) is 12.5. The molecule has 0 fully saturated rings. The number of rotatable bonds is 10. The highest BCUT2D eigenvalue weighted by Crippen LogP contribution is 2.27. The molecule has 4 rings (SSSR count). The lowest BCUT2D eigenvalue weighted by Crippen LogP contribution is -2.21. The summed E-state index contributed by atoms with van der Waals surface area (Å²) >= 11 is 0. The Hall–Kier alpha value is -3.86. The molecule has 0 radical (unpaired) electrons. The predicted octanol–water partition coefficient (Wildman–Crippen LogP) is 7.77. The molecule has 1 unspecified atom stereocenters. The maximum atomic E-state index is 10.2. The Labute approximate surface area is 232 Å². The molecule has 5 heteroatoms. The number of hydrogen-bond acceptors (Lipinski definition) is 3. The highest BCUT2D eigenvalue weighted by atomic mass is 35.5. The fourth-order valence-electron chi connectivity index (χ4n) is 4.17. The molecule has 0 aliphatic carbocycles. The van der Waals surface area contributed by atoms with E-state index in [1.54, 1.807) is 19.2 Å². The van der Waals surface area contributed by atoms with Crippen LogP contribution in [-0.2, 0) is 4.79 Å². The summed E-state index contributed by atoms with van der Waals surface area (Å²) in [7, 11) is 1.55. The van der Waals surface area contributed by atoms with Crippen molar-refractivity contribution < 1.29 is 14.6 Å². The van der Waals surface area contributed by atoms with Gasteiger partial charge in [-0.15, -0.1) is 12.4 Å². The third kappa shape index (κ3) is 9.89. The molecule has 4 aromatic rings. The van der Waals surface area contributed by atoms with E-state index in [2.05, 4.69) is 103 Å². The van der Waals surface area contributed by atoms with Crippen molar-refractivity contribution in [3.05, 3.63) is 144 Å². The number of para-hydroxylation sites is 1. The number of benzene rings is 4. The van der Waals surface area contributed by atoms with Crippen LogP contribution in [0.25, 0.3) is 6.08 Å². The number of hydrogen-bond donors (Lipinski definition) is 2. The van der Waals surface area contributed by atoms with E-state index in [4.69, 9.17) is 9.84 Å². The van der Waals surface area contributed by atoms with Gasteiger partial charge in [0.05, 0.1) is 7.11 Å². The summed E-state index contributed by atoms with van der Waals surface area (Å²) in [5.41, 5.74) is 4.87. The van der Waals surface area contributed by atoms with Crippen LogP contribution in [0.2, 0.25) is 0 Å². The molecule has 0 saturated carbocycles. The third-order valence-corrected chi connectivity index (χ3v) is 6.13. The predicted molar refractivity (Wildman–Crippen MR) is 159 cm³/mol. The third-order valence-electron chi connectivity index (χ3n) is 6.13. The van der Waals surface area contributed by atoms with Crippen molar-refractivity contribution >= 4 is 24.5 Å². The lowest BCUT2D eigenvalue weighted by Gasteiger charge is -2.20. The van der Waals surface area contributed by atoms with Crippen molar-refractivity contribution in [2.45, 2.75) is 25.3 Å². The van der Waals surface area contributed by atoms with Gasteiger partial charge in [-0.25, -0.2) is 4.79 Å². The smallest absolute Gasteiger partial charge is 0.328 e. The molecule has 198 valence electrons. The Kier molecular flexibility index (Phi) is 13.4. The Morgan fingerprint density at radius 3 is 1.76 bits per heavy atom. The lowest BCUT2D eigenvalue weighted by molar-refractivity contribution is -0.131. The van der Waals surface area contributed by atoms with Crippen LogP contribution in [-0.4, -0.2) is 24.7 Å². The van der Waals surface area contributed by atoms with Crippen LogP contribution in [0.4, 0.5) is 0 Å². The number of halogens is 1. The number of carboxylic acid groups (broad SMARTS) is 1. The maximum Gasteiger partial charge on any atom is 0.328 e. The van der Waals surface area contributed by atoms with Gasteiger partial charge in [-0.3, -0.25) is 0 Å². The number of carboxylic acids is 1. The van der Waals surface area contributed by atoms with Gasteiger partial charge in [0, 0.05) is 23.6 Å². The Morgan fingerprint density at radius 1 is 0.789 bits per heavy atom. The highest BCUT2D eigenvalue weighted by molar-refractivity contribution is 5.86. The van der Waals surface area contributed by atoms with Gasteiger partial charge in [-0.2, -0.15) is 0 Å². The van der Waals surface area contributed by atoms with Gasteiger partial charge in [0.15, 0.2) is 0 Å². The number of ether oxygens (including phenoxy) is 1. The van der Waals surface area contributed by atoms with Gasteiger partial charge in [0.2, 0.25) is 0 Å². The van der Waals surface area contributed by atoms with Crippen LogP contribution in [0.3, 0.4) is 0 Å². The second kappa shape index (κ2) is 16.8. The molecule has 0 bridgehead atoms. The van der Waals surface area contributed by atoms with Crippen LogP contribution >= 0.6 is 12.4 Å². The minimum atomic E-state index is -0.967. The molecule has 4 aromatic carbocycles. The second-order valence-corrected chi connectivity index (χ2v) is 8.66. The lowest BCUT2D eigenvalue weighted by atomic mass is 9.88. The van der Waals surface area contributed by atoms with Crippen molar-refractivity contribution in [2.24, 2.45) is 0 Å². The van der Waals surface area contributed by atoms with E-state index in [0.717, 1.165) is 24.6 Å². The van der Waals surface area contributed by atoms with E-state index >= 15 is 0 Å². The Bertz CT molecular complexity index is 1190. The van der Waals surface area contributed by atoms with Crippen molar-refractivity contribution in [3.8, 4) is 5.75 Å². The summed E-state index contributed by atoms with van der Waals surface area (Å²) in [5.74, 6) is 0.133. The highest BCUT2D eigenvalue weighted by Gasteiger charge is 2.14. The average molecular weight is 530 g/mol. The van der Waals surface area contributed by atoms with Crippen LogP contribution in [0, 0.1) is 0 Å². The van der Waals surface area contributed by atoms with E-state index < -0.39 is 5.97 Å². The largest absolute Gasteiger partial charge is 0.496 e. The van der Waals surface area contributed by atoms with Crippen molar-refractivity contribution in [1.29, 1.82) is 0 Å². The van der Waals surface area contributed by atoms with E-state index in [9.17, 15) is 4.79 Å². The minimum Gasteiger partial charge on any atom is -0.496 e. The van der Waals surface area contributed by atoms with Gasteiger partial charge in [-0.05, 0) is 48.7 Å². The molecule has 0 amide bonds. The van der Waals surface area contributed by atoms with Crippen LogP contribution < -0.4 is 10.1 Å². The van der Waals surface area contributed by atoms with E-state index in [0.29, 0.717) is 17.7 Å². The zero-order chi connectivity index (χ0) is 26.3. The van der Waals surface area contributed by atoms with E-state index in [-0.39, 0.29) is 12.4 Å². The van der Waals surface area contributed by atoms with Crippen LogP contribution in [0.15, 0.2) is 121 Å². The number of nitrogens with one attached hydrogen (secondary N) is 1. The van der Waals surface area contributed by atoms with Gasteiger partial charge in [-0.1, -0.05) is 109 Å². The SMILES string of the molecule is CC(NCCC(c1ccccc1)c1ccccc1)c1ccccc1.COc1ccccc1C=CC(=O)O.Cl. The molecular weight excluding hydrogens is 494 g/mol. The van der Waals surface area contributed by atoms with Crippen molar-refractivity contribution in [2.75, 3.05) is 13.7 Å².